The monoisotopic (exact) mass is 411 g/mol. The van der Waals surface area contributed by atoms with Gasteiger partial charge < -0.3 is 4.90 Å². The van der Waals surface area contributed by atoms with E-state index >= 15 is 0 Å². The molecule has 2 rings (SSSR count). The van der Waals surface area contributed by atoms with Crippen LogP contribution in [0.2, 0.25) is 0 Å². The highest BCUT2D eigenvalue weighted by Crippen LogP contribution is 2.35. The number of allylic oxidation sites excluding steroid dienone is 4. The molecule has 20 heavy (non-hydrogen) atoms. The molecule has 1 aromatic rings. The minimum Gasteiger partial charge on any atom is -0.338 e. The van der Waals surface area contributed by atoms with Gasteiger partial charge in [0.15, 0.2) is 0 Å². The van der Waals surface area contributed by atoms with Gasteiger partial charge in [0.2, 0.25) is 0 Å². The van der Waals surface area contributed by atoms with E-state index in [0.717, 1.165) is 20.5 Å². The molecule has 0 spiro atoms. The zero-order valence-corrected chi connectivity index (χ0v) is 15.1. The van der Waals surface area contributed by atoms with Crippen LogP contribution in [-0.2, 0) is 5.75 Å². The highest BCUT2D eigenvalue weighted by Gasteiger charge is 2.15. The second-order valence-electron chi connectivity index (χ2n) is 4.28. The molecule has 0 amide bonds. The fourth-order valence-electron chi connectivity index (χ4n) is 1.76. The molecule has 0 saturated heterocycles. The molecule has 0 aliphatic carbocycles. The Kier molecular flexibility index (Phi) is 5.75. The van der Waals surface area contributed by atoms with Crippen molar-refractivity contribution < 1.29 is 0 Å². The Labute approximate surface area is 141 Å². The quantitative estimate of drug-likeness (QED) is 0.576. The first-order valence-electron chi connectivity index (χ1n) is 6.13. The smallest absolute Gasteiger partial charge is 0.0859 e. The number of rotatable bonds is 4. The van der Waals surface area contributed by atoms with Crippen molar-refractivity contribution in [2.75, 3.05) is 7.05 Å². The van der Waals surface area contributed by atoms with Gasteiger partial charge in [0.05, 0.1) is 10.3 Å². The molecular formula is C16H15Br2NS. The van der Waals surface area contributed by atoms with Gasteiger partial charge >= 0.3 is 0 Å². The van der Waals surface area contributed by atoms with Gasteiger partial charge in [-0.15, -0.1) is 11.8 Å². The Morgan fingerprint density at radius 3 is 2.65 bits per heavy atom. The van der Waals surface area contributed by atoms with Gasteiger partial charge in [-0.05, 0) is 49.6 Å². The van der Waals surface area contributed by atoms with Crippen molar-refractivity contribution in [2.24, 2.45) is 0 Å². The van der Waals surface area contributed by atoms with Gasteiger partial charge in [0.25, 0.3) is 0 Å². The number of thioether (sulfide) groups is 1. The average molecular weight is 413 g/mol. The summed E-state index contributed by atoms with van der Waals surface area (Å²) in [6, 6.07) is 10.5. The third-order valence-corrected chi connectivity index (χ3v) is 5.43. The molecule has 1 aromatic carbocycles. The second kappa shape index (κ2) is 7.34. The molecule has 0 unspecified atom stereocenters. The Morgan fingerprint density at radius 1 is 1.30 bits per heavy atom. The maximum atomic E-state index is 3.81. The first-order chi connectivity index (χ1) is 9.61. The maximum absolute atomic E-state index is 3.81. The molecule has 1 aliphatic heterocycles. The average Bonchev–Trinajstić information content (AvgIpc) is 2.48. The van der Waals surface area contributed by atoms with Crippen molar-refractivity contribution in [3.05, 3.63) is 80.4 Å². The SMILES string of the molecule is C=C/C(Br)=C1/C=C(SCc2ccccc2)C=C(Br)N1C. The lowest BCUT2D eigenvalue weighted by molar-refractivity contribution is 0.572. The summed E-state index contributed by atoms with van der Waals surface area (Å²) in [4.78, 5) is 3.31. The van der Waals surface area contributed by atoms with Gasteiger partial charge in [-0.3, -0.25) is 0 Å². The maximum Gasteiger partial charge on any atom is 0.0859 e. The normalized spacial score (nSPS) is 17.4. The number of benzene rings is 1. The van der Waals surface area contributed by atoms with Crippen molar-refractivity contribution in [3.63, 3.8) is 0 Å². The summed E-state index contributed by atoms with van der Waals surface area (Å²) in [5, 5.41) is 0. The highest BCUT2D eigenvalue weighted by molar-refractivity contribution is 9.12. The summed E-state index contributed by atoms with van der Waals surface area (Å²) in [6.45, 7) is 3.81. The topological polar surface area (TPSA) is 3.24 Å². The first kappa shape index (κ1) is 15.7. The van der Waals surface area contributed by atoms with Gasteiger partial charge in [-0.25, -0.2) is 0 Å². The van der Waals surface area contributed by atoms with Crippen LogP contribution in [0.1, 0.15) is 5.56 Å². The molecule has 0 saturated carbocycles. The lowest BCUT2D eigenvalue weighted by atomic mass is 10.2. The van der Waals surface area contributed by atoms with Crippen molar-refractivity contribution >= 4 is 43.6 Å². The van der Waals surface area contributed by atoms with E-state index in [4.69, 9.17) is 0 Å². The van der Waals surface area contributed by atoms with E-state index < -0.39 is 0 Å². The molecule has 0 bridgehead atoms. The van der Waals surface area contributed by atoms with E-state index in [-0.39, 0.29) is 0 Å². The van der Waals surface area contributed by atoms with Crippen LogP contribution in [0.5, 0.6) is 0 Å². The summed E-state index contributed by atoms with van der Waals surface area (Å²) < 4.78 is 2.03. The number of hydrogen-bond donors (Lipinski definition) is 0. The van der Waals surface area contributed by atoms with Crippen LogP contribution in [0.4, 0.5) is 0 Å². The molecule has 0 radical (unpaired) electrons. The van der Waals surface area contributed by atoms with Crippen LogP contribution < -0.4 is 0 Å². The molecule has 104 valence electrons. The molecule has 1 aliphatic rings. The van der Waals surface area contributed by atoms with Crippen LogP contribution in [0, 0.1) is 0 Å². The Bertz CT molecular complexity index is 588. The Balaban J connectivity index is 2.17. The Morgan fingerprint density at radius 2 is 2.00 bits per heavy atom. The third kappa shape index (κ3) is 3.90. The van der Waals surface area contributed by atoms with Gasteiger partial charge in [0, 0.05) is 22.2 Å². The molecule has 0 atom stereocenters. The zero-order valence-electron chi connectivity index (χ0n) is 11.1. The second-order valence-corrected chi connectivity index (χ2v) is 7.00. The molecule has 1 heterocycles. The molecule has 0 aromatic heterocycles. The standard InChI is InChI=1S/C16H15Br2NS/c1-3-14(17)15-9-13(10-16(18)19(15)2)20-11-12-7-5-4-6-8-12/h3-10H,1,11H2,2H3/b15-14+. The van der Waals surface area contributed by atoms with Crippen molar-refractivity contribution in [1.29, 1.82) is 0 Å². The third-order valence-electron chi connectivity index (χ3n) is 2.89. The van der Waals surface area contributed by atoms with Crippen LogP contribution in [0.15, 0.2) is 74.8 Å². The minimum atomic E-state index is 0.964. The summed E-state index contributed by atoms with van der Waals surface area (Å²) >= 11 is 8.98. The molecule has 1 nitrogen and oxygen atoms in total. The first-order valence-corrected chi connectivity index (χ1v) is 8.70. The zero-order chi connectivity index (χ0) is 14.5. The van der Waals surface area contributed by atoms with Gasteiger partial charge in [-0.2, -0.15) is 0 Å². The van der Waals surface area contributed by atoms with Crippen molar-refractivity contribution in [3.8, 4) is 0 Å². The van der Waals surface area contributed by atoms with Crippen LogP contribution >= 0.6 is 43.6 Å². The lowest BCUT2D eigenvalue weighted by Gasteiger charge is -2.25. The van der Waals surface area contributed by atoms with Crippen molar-refractivity contribution in [2.45, 2.75) is 5.75 Å². The van der Waals surface area contributed by atoms with E-state index in [1.165, 1.54) is 10.5 Å². The fraction of sp³-hybridized carbons (Fsp3) is 0.125. The Hall–Kier alpha value is -0.710. The fourth-order valence-corrected chi connectivity index (χ4v) is 3.65. The number of halogens is 2. The summed E-state index contributed by atoms with van der Waals surface area (Å²) in [6.07, 6.45) is 6.12. The van der Waals surface area contributed by atoms with Crippen molar-refractivity contribution in [1.82, 2.24) is 4.90 Å². The van der Waals surface area contributed by atoms with E-state index in [1.54, 1.807) is 0 Å². The minimum absolute atomic E-state index is 0.964. The van der Waals surface area contributed by atoms with E-state index in [0.29, 0.717) is 0 Å². The van der Waals surface area contributed by atoms with Gasteiger partial charge in [0.1, 0.15) is 0 Å². The summed E-state index contributed by atoms with van der Waals surface area (Å²) in [5.74, 6) is 0.964. The predicted molar refractivity (Wildman–Crippen MR) is 96.7 cm³/mol. The van der Waals surface area contributed by atoms with Crippen LogP contribution in [-0.4, -0.2) is 11.9 Å². The summed E-state index contributed by atoms with van der Waals surface area (Å²) in [7, 11) is 2.02. The molecular weight excluding hydrogens is 398 g/mol. The van der Waals surface area contributed by atoms with Gasteiger partial charge in [-0.1, -0.05) is 43.0 Å². The van der Waals surface area contributed by atoms with Crippen LogP contribution in [0.25, 0.3) is 0 Å². The summed E-state index contributed by atoms with van der Waals surface area (Å²) in [5.41, 5.74) is 2.43. The van der Waals surface area contributed by atoms with Crippen LogP contribution in [0.3, 0.4) is 0 Å². The molecule has 0 fully saturated rings. The highest BCUT2D eigenvalue weighted by atomic mass is 79.9. The van der Waals surface area contributed by atoms with E-state index in [1.807, 2.05) is 31.0 Å². The number of nitrogens with zero attached hydrogens (tertiary/aromatic N) is 1. The predicted octanol–water partition coefficient (Wildman–Crippen LogP) is 5.78. The largest absolute Gasteiger partial charge is 0.338 e. The number of likely N-dealkylation sites (N-methyl/N-ethyl adjacent to an activating group) is 1. The lowest BCUT2D eigenvalue weighted by Crippen LogP contribution is -2.16. The van der Waals surface area contributed by atoms with E-state index in [2.05, 4.69) is 79.8 Å². The number of hydrogen-bond acceptors (Lipinski definition) is 2. The molecule has 4 heteroatoms. The molecule has 0 N–H and O–H groups in total. The van der Waals surface area contributed by atoms with E-state index in [9.17, 15) is 0 Å².